The lowest BCUT2D eigenvalue weighted by Crippen LogP contribution is -2.42. The quantitative estimate of drug-likeness (QED) is 0.841. The van der Waals surface area contributed by atoms with Crippen molar-refractivity contribution < 1.29 is 4.74 Å². The first-order valence-electron chi connectivity index (χ1n) is 5.87. The van der Waals surface area contributed by atoms with Crippen molar-refractivity contribution in [2.45, 2.75) is 31.5 Å². The van der Waals surface area contributed by atoms with E-state index in [0.29, 0.717) is 12.6 Å². The van der Waals surface area contributed by atoms with Crippen LogP contribution in [0.4, 0.5) is 0 Å². The molecule has 5 heteroatoms. The van der Waals surface area contributed by atoms with Gasteiger partial charge in [0.1, 0.15) is 11.1 Å². The molecule has 2 N–H and O–H groups in total. The Labute approximate surface area is 99.4 Å². The standard InChI is InChI=1S/C11H17N3OS/c12-4-8-7-16-11(13-8)10-5-14-3-1-2-9(14)6-15-10/h7,9-10H,1-6,12H2. The molecule has 0 aromatic carbocycles. The van der Waals surface area contributed by atoms with E-state index in [9.17, 15) is 0 Å². The van der Waals surface area contributed by atoms with Gasteiger partial charge in [-0.25, -0.2) is 4.98 Å². The fourth-order valence-electron chi connectivity index (χ4n) is 2.53. The largest absolute Gasteiger partial charge is 0.368 e. The van der Waals surface area contributed by atoms with Gasteiger partial charge in [0.05, 0.1) is 12.3 Å². The van der Waals surface area contributed by atoms with Crippen molar-refractivity contribution >= 4 is 11.3 Å². The summed E-state index contributed by atoms with van der Waals surface area (Å²) in [5.41, 5.74) is 6.55. The van der Waals surface area contributed by atoms with Gasteiger partial charge in [0.2, 0.25) is 0 Å². The van der Waals surface area contributed by atoms with Gasteiger partial charge in [-0.1, -0.05) is 0 Å². The van der Waals surface area contributed by atoms with E-state index in [2.05, 4.69) is 9.88 Å². The second kappa shape index (κ2) is 4.41. The molecule has 2 unspecified atom stereocenters. The molecule has 2 atom stereocenters. The van der Waals surface area contributed by atoms with Gasteiger partial charge in [-0.05, 0) is 19.4 Å². The third-order valence-corrected chi connectivity index (χ3v) is 4.43. The van der Waals surface area contributed by atoms with E-state index in [4.69, 9.17) is 10.5 Å². The molecule has 1 aromatic rings. The van der Waals surface area contributed by atoms with Gasteiger partial charge in [0.25, 0.3) is 0 Å². The highest BCUT2D eigenvalue weighted by molar-refractivity contribution is 7.09. The number of nitrogens with zero attached hydrogens (tertiary/aromatic N) is 2. The van der Waals surface area contributed by atoms with Crippen molar-refractivity contribution in [1.29, 1.82) is 0 Å². The van der Waals surface area contributed by atoms with Gasteiger partial charge in [0, 0.05) is 24.5 Å². The molecule has 0 amide bonds. The molecule has 3 heterocycles. The summed E-state index contributed by atoms with van der Waals surface area (Å²) in [6.07, 6.45) is 2.77. The van der Waals surface area contributed by atoms with Crippen LogP contribution in [-0.4, -0.2) is 35.6 Å². The predicted octanol–water partition coefficient (Wildman–Crippen LogP) is 1.14. The van der Waals surface area contributed by atoms with Crippen LogP contribution in [-0.2, 0) is 11.3 Å². The second-order valence-electron chi connectivity index (χ2n) is 4.49. The topological polar surface area (TPSA) is 51.4 Å². The first kappa shape index (κ1) is 10.7. The van der Waals surface area contributed by atoms with E-state index in [0.717, 1.165) is 23.9 Å². The number of hydrogen-bond acceptors (Lipinski definition) is 5. The fourth-order valence-corrected chi connectivity index (χ4v) is 3.40. The lowest BCUT2D eigenvalue weighted by molar-refractivity contribution is -0.0502. The molecule has 0 radical (unpaired) electrons. The number of thiazole rings is 1. The third-order valence-electron chi connectivity index (χ3n) is 3.44. The molecule has 2 aliphatic rings. The van der Waals surface area contributed by atoms with Crippen LogP contribution < -0.4 is 5.73 Å². The van der Waals surface area contributed by atoms with Crippen molar-refractivity contribution in [2.75, 3.05) is 19.7 Å². The highest BCUT2D eigenvalue weighted by Gasteiger charge is 2.33. The van der Waals surface area contributed by atoms with Crippen molar-refractivity contribution in [3.8, 4) is 0 Å². The maximum Gasteiger partial charge on any atom is 0.123 e. The monoisotopic (exact) mass is 239 g/mol. The first-order valence-corrected chi connectivity index (χ1v) is 6.75. The molecule has 0 saturated carbocycles. The minimum atomic E-state index is 0.166. The van der Waals surface area contributed by atoms with E-state index >= 15 is 0 Å². The molecule has 2 aliphatic heterocycles. The maximum absolute atomic E-state index is 5.90. The van der Waals surface area contributed by atoms with Crippen LogP contribution in [0.15, 0.2) is 5.38 Å². The highest BCUT2D eigenvalue weighted by Crippen LogP contribution is 2.31. The van der Waals surface area contributed by atoms with E-state index < -0.39 is 0 Å². The zero-order valence-electron chi connectivity index (χ0n) is 9.26. The summed E-state index contributed by atoms with van der Waals surface area (Å²) in [6.45, 7) is 3.61. The molecule has 0 spiro atoms. The Morgan fingerprint density at radius 3 is 3.38 bits per heavy atom. The first-order chi connectivity index (χ1) is 7.86. The normalized spacial score (nSPS) is 30.6. The molecular weight excluding hydrogens is 222 g/mol. The van der Waals surface area contributed by atoms with Gasteiger partial charge in [-0.3, -0.25) is 4.90 Å². The van der Waals surface area contributed by atoms with Crippen LogP contribution in [0.25, 0.3) is 0 Å². The van der Waals surface area contributed by atoms with Gasteiger partial charge >= 0.3 is 0 Å². The molecule has 16 heavy (non-hydrogen) atoms. The van der Waals surface area contributed by atoms with E-state index in [1.807, 2.05) is 5.38 Å². The summed E-state index contributed by atoms with van der Waals surface area (Å²) < 4.78 is 5.90. The van der Waals surface area contributed by atoms with Crippen LogP contribution in [0.1, 0.15) is 29.6 Å². The number of nitrogens with two attached hydrogens (primary N) is 1. The summed E-state index contributed by atoms with van der Waals surface area (Å²) in [5.74, 6) is 0. The number of rotatable bonds is 2. The third kappa shape index (κ3) is 1.88. The van der Waals surface area contributed by atoms with Crippen LogP contribution in [0.3, 0.4) is 0 Å². The Hall–Kier alpha value is -0.490. The molecule has 2 fully saturated rings. The number of morpholine rings is 1. The Kier molecular flexibility index (Phi) is 2.93. The minimum Gasteiger partial charge on any atom is -0.368 e. The van der Waals surface area contributed by atoms with Crippen molar-refractivity contribution in [3.63, 3.8) is 0 Å². The Morgan fingerprint density at radius 2 is 2.56 bits per heavy atom. The molecular formula is C11H17N3OS. The lowest BCUT2D eigenvalue weighted by atomic mass is 10.2. The smallest absolute Gasteiger partial charge is 0.123 e. The SMILES string of the molecule is NCc1csc(C2CN3CCCC3CO2)n1. The van der Waals surface area contributed by atoms with Crippen LogP contribution in [0, 0.1) is 0 Å². The molecule has 88 valence electrons. The van der Waals surface area contributed by atoms with Crippen molar-refractivity contribution in [1.82, 2.24) is 9.88 Å². The summed E-state index contributed by atoms with van der Waals surface area (Å²) in [7, 11) is 0. The van der Waals surface area contributed by atoms with E-state index in [-0.39, 0.29) is 6.10 Å². The fraction of sp³-hybridized carbons (Fsp3) is 0.727. The molecule has 3 rings (SSSR count). The average Bonchev–Trinajstić information content (AvgIpc) is 2.96. The average molecular weight is 239 g/mol. The number of fused-ring (bicyclic) bond motifs is 1. The molecule has 2 saturated heterocycles. The van der Waals surface area contributed by atoms with Crippen molar-refractivity contribution in [3.05, 3.63) is 16.1 Å². The maximum atomic E-state index is 5.90. The van der Waals surface area contributed by atoms with Gasteiger partial charge in [-0.15, -0.1) is 11.3 Å². The summed E-state index contributed by atoms with van der Waals surface area (Å²) in [5, 5.41) is 3.13. The van der Waals surface area contributed by atoms with Gasteiger partial charge in [-0.2, -0.15) is 0 Å². The van der Waals surface area contributed by atoms with Gasteiger partial charge < -0.3 is 10.5 Å². The Balaban J connectivity index is 1.71. The van der Waals surface area contributed by atoms with Crippen LogP contribution >= 0.6 is 11.3 Å². The minimum absolute atomic E-state index is 0.166. The molecule has 0 aliphatic carbocycles. The lowest BCUT2D eigenvalue weighted by Gasteiger charge is -2.34. The van der Waals surface area contributed by atoms with E-state index in [1.54, 1.807) is 11.3 Å². The van der Waals surface area contributed by atoms with Crippen LogP contribution in [0.5, 0.6) is 0 Å². The number of hydrogen-bond donors (Lipinski definition) is 1. The molecule has 4 nitrogen and oxygen atoms in total. The van der Waals surface area contributed by atoms with Crippen molar-refractivity contribution in [2.24, 2.45) is 5.73 Å². The number of ether oxygens (including phenoxy) is 1. The molecule has 1 aromatic heterocycles. The second-order valence-corrected chi connectivity index (χ2v) is 5.38. The summed E-state index contributed by atoms with van der Waals surface area (Å²) >= 11 is 1.67. The Morgan fingerprint density at radius 1 is 1.62 bits per heavy atom. The highest BCUT2D eigenvalue weighted by atomic mass is 32.1. The van der Waals surface area contributed by atoms with E-state index in [1.165, 1.54) is 19.4 Å². The summed E-state index contributed by atoms with van der Waals surface area (Å²) in [4.78, 5) is 7.05. The van der Waals surface area contributed by atoms with Crippen LogP contribution in [0.2, 0.25) is 0 Å². The molecule has 0 bridgehead atoms. The zero-order valence-corrected chi connectivity index (χ0v) is 10.1. The Bertz CT molecular complexity index is 368. The van der Waals surface area contributed by atoms with Gasteiger partial charge in [0.15, 0.2) is 0 Å². The predicted molar refractivity (Wildman–Crippen MR) is 63.3 cm³/mol. The number of aromatic nitrogens is 1. The summed E-state index contributed by atoms with van der Waals surface area (Å²) in [6, 6.07) is 0.658. The zero-order chi connectivity index (χ0) is 11.0.